The third-order valence-electron chi connectivity index (χ3n) is 2.22. The maximum Gasteiger partial charge on any atom is 0.219 e. The zero-order valence-electron chi connectivity index (χ0n) is 9.12. The van der Waals surface area contributed by atoms with Crippen molar-refractivity contribution in [1.82, 2.24) is 5.32 Å². The molecule has 0 atom stereocenters. The number of anilines is 1. The summed E-state index contributed by atoms with van der Waals surface area (Å²) in [4.78, 5) is 11.2. The largest absolute Gasteiger partial charge is 0.399 e. The summed E-state index contributed by atoms with van der Waals surface area (Å²) in [6, 6.07) is 7.79. The highest BCUT2D eigenvalue weighted by molar-refractivity contribution is 5.75. The number of aryl methyl sites for hydroxylation is 1. The molecule has 0 unspecified atom stereocenters. The van der Waals surface area contributed by atoms with Gasteiger partial charge in [0, 0.05) is 18.7 Å². The number of nitrogens with two attached hydrogens (primary N) is 1. The van der Waals surface area contributed by atoms with Crippen LogP contribution in [0.15, 0.2) is 24.3 Å². The van der Waals surface area contributed by atoms with Crippen molar-refractivity contribution in [3.8, 4) is 0 Å². The number of rotatable bonds is 5. The van der Waals surface area contributed by atoms with Crippen molar-refractivity contribution >= 4 is 11.6 Å². The molecule has 0 aliphatic heterocycles. The van der Waals surface area contributed by atoms with Gasteiger partial charge in [0.2, 0.25) is 5.91 Å². The van der Waals surface area contributed by atoms with Gasteiger partial charge in [0.05, 0.1) is 0 Å². The molecule has 1 amide bonds. The molecule has 0 aromatic heterocycles. The Morgan fingerprint density at radius 2 is 2.00 bits per heavy atom. The van der Waals surface area contributed by atoms with Gasteiger partial charge in [-0.1, -0.05) is 12.1 Å². The predicted octanol–water partition coefficient (Wildman–Crippen LogP) is 1.73. The minimum atomic E-state index is 0.132. The number of carbonyl (C=O) groups excluding carboxylic acids is 1. The van der Waals surface area contributed by atoms with Gasteiger partial charge < -0.3 is 11.1 Å². The quantitative estimate of drug-likeness (QED) is 0.721. The highest BCUT2D eigenvalue weighted by Gasteiger charge is 1.99. The standard InChI is InChI=1S/C12H18N2O/c1-2-14-12(15)5-3-4-10-6-8-11(13)9-7-10/h6-9H,2-5,13H2,1H3,(H,14,15). The van der Waals surface area contributed by atoms with Crippen LogP contribution in [0.25, 0.3) is 0 Å². The zero-order valence-corrected chi connectivity index (χ0v) is 9.12. The summed E-state index contributed by atoms with van der Waals surface area (Å²) < 4.78 is 0. The van der Waals surface area contributed by atoms with E-state index in [1.54, 1.807) is 0 Å². The van der Waals surface area contributed by atoms with Crippen LogP contribution >= 0.6 is 0 Å². The van der Waals surface area contributed by atoms with Crippen LogP contribution in [0.3, 0.4) is 0 Å². The average molecular weight is 206 g/mol. The van der Waals surface area contributed by atoms with Crippen LogP contribution in [-0.4, -0.2) is 12.5 Å². The summed E-state index contributed by atoms with van der Waals surface area (Å²) >= 11 is 0. The molecule has 3 nitrogen and oxygen atoms in total. The molecule has 0 aliphatic carbocycles. The van der Waals surface area contributed by atoms with Crippen LogP contribution in [-0.2, 0) is 11.2 Å². The van der Waals surface area contributed by atoms with E-state index in [0.29, 0.717) is 13.0 Å². The second kappa shape index (κ2) is 6.06. The minimum absolute atomic E-state index is 0.132. The van der Waals surface area contributed by atoms with E-state index in [1.165, 1.54) is 5.56 Å². The molecule has 0 aliphatic rings. The molecule has 0 saturated heterocycles. The lowest BCUT2D eigenvalue weighted by molar-refractivity contribution is -0.121. The predicted molar refractivity (Wildman–Crippen MR) is 62.5 cm³/mol. The number of hydrogen-bond donors (Lipinski definition) is 2. The van der Waals surface area contributed by atoms with Gasteiger partial charge >= 0.3 is 0 Å². The van der Waals surface area contributed by atoms with E-state index < -0.39 is 0 Å². The summed E-state index contributed by atoms with van der Waals surface area (Å²) in [7, 11) is 0. The Balaban J connectivity index is 2.26. The Labute approximate surface area is 90.7 Å². The normalized spacial score (nSPS) is 9.93. The Morgan fingerprint density at radius 3 is 2.60 bits per heavy atom. The fourth-order valence-electron chi connectivity index (χ4n) is 1.42. The van der Waals surface area contributed by atoms with Crippen molar-refractivity contribution in [3.63, 3.8) is 0 Å². The molecule has 1 aromatic carbocycles. The van der Waals surface area contributed by atoms with E-state index in [-0.39, 0.29) is 5.91 Å². The summed E-state index contributed by atoms with van der Waals surface area (Å²) in [5, 5.41) is 2.78. The molecular weight excluding hydrogens is 188 g/mol. The summed E-state index contributed by atoms with van der Waals surface area (Å²) in [6.45, 7) is 2.64. The van der Waals surface area contributed by atoms with Crippen molar-refractivity contribution < 1.29 is 4.79 Å². The van der Waals surface area contributed by atoms with Crippen LogP contribution in [0.5, 0.6) is 0 Å². The van der Waals surface area contributed by atoms with Crippen LogP contribution in [0.4, 0.5) is 5.69 Å². The highest BCUT2D eigenvalue weighted by Crippen LogP contribution is 2.08. The Bertz CT molecular complexity index is 306. The summed E-state index contributed by atoms with van der Waals surface area (Å²) in [5.74, 6) is 0.132. The molecule has 0 radical (unpaired) electrons. The fourth-order valence-corrected chi connectivity index (χ4v) is 1.42. The lowest BCUT2D eigenvalue weighted by atomic mass is 10.1. The van der Waals surface area contributed by atoms with Crippen LogP contribution in [0.1, 0.15) is 25.3 Å². The second-order valence-corrected chi connectivity index (χ2v) is 3.55. The summed E-state index contributed by atoms with van der Waals surface area (Å²) in [6.07, 6.45) is 2.41. The number of amides is 1. The van der Waals surface area contributed by atoms with E-state index in [1.807, 2.05) is 31.2 Å². The Morgan fingerprint density at radius 1 is 1.33 bits per heavy atom. The average Bonchev–Trinajstić information content (AvgIpc) is 2.21. The smallest absolute Gasteiger partial charge is 0.219 e. The molecule has 3 heteroatoms. The van der Waals surface area contributed by atoms with Crippen molar-refractivity contribution in [2.75, 3.05) is 12.3 Å². The van der Waals surface area contributed by atoms with Crippen molar-refractivity contribution in [3.05, 3.63) is 29.8 Å². The lowest BCUT2D eigenvalue weighted by Crippen LogP contribution is -2.22. The first-order valence-corrected chi connectivity index (χ1v) is 5.33. The van der Waals surface area contributed by atoms with Gasteiger partial charge in [0.15, 0.2) is 0 Å². The van der Waals surface area contributed by atoms with E-state index in [0.717, 1.165) is 18.5 Å². The summed E-state index contributed by atoms with van der Waals surface area (Å²) in [5.41, 5.74) is 7.59. The van der Waals surface area contributed by atoms with Gasteiger partial charge in [-0.2, -0.15) is 0 Å². The molecule has 0 spiro atoms. The molecule has 0 fully saturated rings. The van der Waals surface area contributed by atoms with E-state index in [4.69, 9.17) is 5.73 Å². The van der Waals surface area contributed by atoms with Gasteiger partial charge in [0.1, 0.15) is 0 Å². The Hall–Kier alpha value is -1.51. The first-order valence-electron chi connectivity index (χ1n) is 5.33. The SMILES string of the molecule is CCNC(=O)CCCc1ccc(N)cc1. The van der Waals surface area contributed by atoms with E-state index in [9.17, 15) is 4.79 Å². The minimum Gasteiger partial charge on any atom is -0.399 e. The Kier molecular flexibility index (Phi) is 4.68. The molecule has 0 heterocycles. The van der Waals surface area contributed by atoms with Crippen LogP contribution in [0, 0.1) is 0 Å². The number of hydrogen-bond acceptors (Lipinski definition) is 2. The molecule has 15 heavy (non-hydrogen) atoms. The monoisotopic (exact) mass is 206 g/mol. The van der Waals surface area contributed by atoms with Gasteiger partial charge in [-0.3, -0.25) is 4.79 Å². The van der Waals surface area contributed by atoms with Crippen molar-refractivity contribution in [1.29, 1.82) is 0 Å². The number of carbonyl (C=O) groups is 1. The molecule has 0 saturated carbocycles. The van der Waals surface area contributed by atoms with Crippen molar-refractivity contribution in [2.45, 2.75) is 26.2 Å². The van der Waals surface area contributed by atoms with Crippen LogP contribution in [0.2, 0.25) is 0 Å². The van der Waals surface area contributed by atoms with E-state index >= 15 is 0 Å². The lowest BCUT2D eigenvalue weighted by Gasteiger charge is -2.03. The van der Waals surface area contributed by atoms with Gasteiger partial charge in [-0.05, 0) is 37.5 Å². The molecule has 1 rings (SSSR count). The third-order valence-corrected chi connectivity index (χ3v) is 2.22. The van der Waals surface area contributed by atoms with Crippen molar-refractivity contribution in [2.24, 2.45) is 0 Å². The fraction of sp³-hybridized carbons (Fsp3) is 0.417. The third kappa shape index (κ3) is 4.49. The molecular formula is C12H18N2O. The molecule has 1 aromatic rings. The molecule has 0 bridgehead atoms. The topological polar surface area (TPSA) is 55.1 Å². The number of nitrogen functional groups attached to an aromatic ring is 1. The first-order chi connectivity index (χ1) is 7.22. The van der Waals surface area contributed by atoms with Gasteiger partial charge in [-0.15, -0.1) is 0 Å². The number of nitrogens with one attached hydrogen (secondary N) is 1. The molecule has 82 valence electrons. The van der Waals surface area contributed by atoms with Crippen LogP contribution < -0.4 is 11.1 Å². The molecule has 3 N–H and O–H groups in total. The van der Waals surface area contributed by atoms with Gasteiger partial charge in [0.25, 0.3) is 0 Å². The maximum absolute atomic E-state index is 11.2. The van der Waals surface area contributed by atoms with E-state index in [2.05, 4.69) is 5.32 Å². The van der Waals surface area contributed by atoms with Gasteiger partial charge in [-0.25, -0.2) is 0 Å². The zero-order chi connectivity index (χ0) is 11.1. The number of benzene rings is 1. The second-order valence-electron chi connectivity index (χ2n) is 3.55. The highest BCUT2D eigenvalue weighted by atomic mass is 16.1. The first kappa shape index (κ1) is 11.6. The maximum atomic E-state index is 11.2.